The maximum atomic E-state index is 12.6. The van der Waals surface area contributed by atoms with E-state index in [2.05, 4.69) is 6.92 Å². The van der Waals surface area contributed by atoms with Gasteiger partial charge in [-0.2, -0.15) is 0 Å². The maximum absolute atomic E-state index is 12.6. The number of hydrogen-bond donors (Lipinski definition) is 0. The number of rotatable bonds is 11. The second-order valence-electron chi connectivity index (χ2n) is 5.81. The van der Waals surface area contributed by atoms with Crippen molar-refractivity contribution in [2.75, 3.05) is 12.8 Å². The Morgan fingerprint density at radius 2 is 1.67 bits per heavy atom. The Kier molecular flexibility index (Phi) is 7.77. The summed E-state index contributed by atoms with van der Waals surface area (Å²) in [5, 5.41) is 1.96. The van der Waals surface area contributed by atoms with Gasteiger partial charge in [-0.25, -0.2) is 0 Å². The zero-order valence-electron chi connectivity index (χ0n) is 14.6. The molecule has 4 nitrogen and oxygen atoms in total. The minimum absolute atomic E-state index is 0.284. The van der Waals surface area contributed by atoms with Gasteiger partial charge in [-0.05, 0) is 17.9 Å². The van der Waals surface area contributed by atoms with E-state index in [-0.39, 0.29) is 6.16 Å². The Balaban J connectivity index is 1.88. The number of hydrogen-bond acceptors (Lipinski definition) is 4. The van der Waals surface area contributed by atoms with E-state index in [1.165, 1.54) is 19.3 Å². The van der Waals surface area contributed by atoms with Crippen molar-refractivity contribution in [3.63, 3.8) is 0 Å². The third-order valence-corrected chi connectivity index (χ3v) is 5.57. The molecule has 2 rings (SSSR count). The highest BCUT2D eigenvalue weighted by Crippen LogP contribution is 2.48. The van der Waals surface area contributed by atoms with E-state index < -0.39 is 7.60 Å². The Hall–Kier alpha value is -1.35. The molecule has 0 aliphatic heterocycles. The lowest BCUT2D eigenvalue weighted by Gasteiger charge is -2.16. The minimum Gasteiger partial charge on any atom is -0.328 e. The largest absolute Gasteiger partial charge is 0.368 e. The van der Waals surface area contributed by atoms with Crippen molar-refractivity contribution in [1.82, 2.24) is 0 Å². The van der Waals surface area contributed by atoms with Crippen LogP contribution in [0.3, 0.4) is 0 Å². The molecule has 1 unspecified atom stereocenters. The van der Waals surface area contributed by atoms with Gasteiger partial charge in [-0.1, -0.05) is 80.6 Å². The van der Waals surface area contributed by atoms with Crippen LogP contribution >= 0.6 is 7.60 Å². The van der Waals surface area contributed by atoms with E-state index in [0.717, 1.165) is 23.6 Å². The molecular formula is C19H27O4P. The lowest BCUT2D eigenvalue weighted by molar-refractivity contribution is -0.111. The van der Waals surface area contributed by atoms with Crippen LogP contribution in [0.1, 0.15) is 46.0 Å². The van der Waals surface area contributed by atoms with Crippen molar-refractivity contribution in [1.29, 1.82) is 0 Å². The Bertz CT molecular complexity index is 666. The van der Waals surface area contributed by atoms with Crippen LogP contribution in [-0.4, -0.2) is 12.8 Å². The third-order valence-electron chi connectivity index (χ3n) is 3.91. The monoisotopic (exact) mass is 350 g/mol. The van der Waals surface area contributed by atoms with Gasteiger partial charge in [0.2, 0.25) is 0 Å². The van der Waals surface area contributed by atoms with Crippen molar-refractivity contribution < 1.29 is 18.7 Å². The van der Waals surface area contributed by atoms with E-state index in [4.69, 9.17) is 14.1 Å². The topological polar surface area (TPSA) is 44.8 Å². The number of unbranched alkanes of at least 4 members (excludes halogenated alkanes) is 4. The summed E-state index contributed by atoms with van der Waals surface area (Å²) < 4.78 is 23.3. The zero-order chi connectivity index (χ0) is 17.3. The molecule has 0 amide bonds. The molecule has 0 spiro atoms. The van der Waals surface area contributed by atoms with E-state index in [1.54, 1.807) is 13.0 Å². The number of benzene rings is 2. The first-order chi connectivity index (χ1) is 11.7. The van der Waals surface area contributed by atoms with Crippen molar-refractivity contribution in [2.24, 2.45) is 0 Å². The van der Waals surface area contributed by atoms with Crippen LogP contribution in [0.4, 0.5) is 0 Å². The van der Waals surface area contributed by atoms with Gasteiger partial charge in [0.1, 0.15) is 0 Å². The molecule has 132 valence electrons. The van der Waals surface area contributed by atoms with Gasteiger partial charge in [0.05, 0.1) is 12.8 Å². The molecule has 0 saturated heterocycles. The van der Waals surface area contributed by atoms with Gasteiger partial charge >= 0.3 is 7.60 Å². The summed E-state index contributed by atoms with van der Waals surface area (Å²) in [6, 6.07) is 13.5. The van der Waals surface area contributed by atoms with Crippen molar-refractivity contribution in [3.8, 4) is 5.75 Å². The quantitative estimate of drug-likeness (QED) is 0.205. The lowest BCUT2D eigenvalue weighted by Crippen LogP contribution is -2.03. The molecule has 0 aliphatic rings. The summed E-state index contributed by atoms with van der Waals surface area (Å²) in [5.41, 5.74) is 0. The fourth-order valence-corrected chi connectivity index (χ4v) is 3.37. The average Bonchev–Trinajstić information content (AvgIpc) is 2.63. The first kappa shape index (κ1) is 19.0. The van der Waals surface area contributed by atoms with Crippen LogP contribution in [0.5, 0.6) is 5.75 Å². The Morgan fingerprint density at radius 3 is 2.46 bits per heavy atom. The lowest BCUT2D eigenvalue weighted by atomic mass is 10.1. The van der Waals surface area contributed by atoms with E-state index >= 15 is 0 Å². The van der Waals surface area contributed by atoms with Crippen LogP contribution < -0.4 is 4.89 Å². The SMILES string of the molecule is CCCCCCCOP(=O)(CC)OOc1cccc2ccccc12. The summed E-state index contributed by atoms with van der Waals surface area (Å²) in [7, 11) is -3.22. The van der Waals surface area contributed by atoms with E-state index in [9.17, 15) is 4.57 Å². The minimum atomic E-state index is -3.22. The predicted molar refractivity (Wildman–Crippen MR) is 98.5 cm³/mol. The molecule has 0 bridgehead atoms. The van der Waals surface area contributed by atoms with Gasteiger partial charge in [0.15, 0.2) is 5.75 Å². The summed E-state index contributed by atoms with van der Waals surface area (Å²) in [6.45, 7) is 4.40. The smallest absolute Gasteiger partial charge is 0.328 e. The normalized spacial score (nSPS) is 13.8. The fraction of sp³-hybridized carbons (Fsp3) is 0.474. The van der Waals surface area contributed by atoms with Crippen molar-refractivity contribution >= 4 is 18.4 Å². The van der Waals surface area contributed by atoms with Gasteiger partial charge in [0.25, 0.3) is 0 Å². The van der Waals surface area contributed by atoms with E-state index in [1.807, 2.05) is 36.4 Å². The molecule has 2 aromatic carbocycles. The van der Waals surface area contributed by atoms with E-state index in [0.29, 0.717) is 12.4 Å². The molecule has 0 saturated carbocycles. The highest BCUT2D eigenvalue weighted by Gasteiger charge is 2.24. The second kappa shape index (κ2) is 9.83. The molecular weight excluding hydrogens is 323 g/mol. The number of fused-ring (bicyclic) bond motifs is 1. The van der Waals surface area contributed by atoms with Crippen LogP contribution in [0, 0.1) is 0 Å². The molecule has 0 fully saturated rings. The summed E-state index contributed by atoms with van der Waals surface area (Å²) in [6.07, 6.45) is 5.88. The molecule has 5 heteroatoms. The van der Waals surface area contributed by atoms with Crippen LogP contribution in [0.25, 0.3) is 10.8 Å². The van der Waals surface area contributed by atoms with Crippen LogP contribution in [-0.2, 0) is 13.8 Å². The molecule has 1 atom stereocenters. The second-order valence-corrected chi connectivity index (χ2v) is 8.07. The summed E-state index contributed by atoms with van der Waals surface area (Å²) in [5.74, 6) is 0.549. The molecule has 24 heavy (non-hydrogen) atoms. The molecule has 0 heterocycles. The van der Waals surface area contributed by atoms with Gasteiger partial charge in [-0.3, -0.25) is 4.57 Å². The molecule has 0 N–H and O–H groups in total. The van der Waals surface area contributed by atoms with Crippen LogP contribution in [0.15, 0.2) is 42.5 Å². The molecule has 0 radical (unpaired) electrons. The van der Waals surface area contributed by atoms with Crippen molar-refractivity contribution in [3.05, 3.63) is 42.5 Å². The highest BCUT2D eigenvalue weighted by atomic mass is 31.2. The third kappa shape index (κ3) is 5.62. The first-order valence-corrected chi connectivity index (χ1v) is 10.5. The summed E-state index contributed by atoms with van der Waals surface area (Å²) >= 11 is 0. The Morgan fingerprint density at radius 1 is 0.917 bits per heavy atom. The predicted octanol–water partition coefficient (Wildman–Crippen LogP) is 6.35. The Labute approximate surface area is 144 Å². The highest BCUT2D eigenvalue weighted by molar-refractivity contribution is 7.53. The van der Waals surface area contributed by atoms with Gasteiger partial charge in [0, 0.05) is 5.39 Å². The van der Waals surface area contributed by atoms with Gasteiger partial charge < -0.3 is 9.41 Å². The van der Waals surface area contributed by atoms with Crippen molar-refractivity contribution in [2.45, 2.75) is 46.0 Å². The fourth-order valence-electron chi connectivity index (χ4n) is 2.44. The molecule has 0 aliphatic carbocycles. The first-order valence-electron chi connectivity index (χ1n) is 8.76. The van der Waals surface area contributed by atoms with Crippen LogP contribution in [0.2, 0.25) is 0 Å². The zero-order valence-corrected chi connectivity index (χ0v) is 15.5. The average molecular weight is 350 g/mol. The molecule has 0 aromatic heterocycles. The van der Waals surface area contributed by atoms with Gasteiger partial charge in [-0.15, -0.1) is 0 Å². The maximum Gasteiger partial charge on any atom is 0.368 e. The molecule has 2 aromatic rings. The standard InChI is InChI=1S/C19H27O4P/c1-3-5-6-7-10-16-21-24(20,4-2)23-22-19-15-11-13-17-12-8-9-14-18(17)19/h8-9,11-15H,3-7,10,16H2,1-2H3. The summed E-state index contributed by atoms with van der Waals surface area (Å²) in [4.78, 5) is 5.38.